The average Bonchev–Trinajstić information content (AvgIpc) is 2.76. The zero-order valence-electron chi connectivity index (χ0n) is 18.9. The minimum absolute atomic E-state index is 0.0389. The molecule has 8 heteroatoms. The summed E-state index contributed by atoms with van der Waals surface area (Å²) in [6.45, 7) is 9.98. The molecule has 0 radical (unpaired) electrons. The fourth-order valence-electron chi connectivity index (χ4n) is 3.54. The first-order chi connectivity index (χ1) is 14.8. The molecule has 0 aliphatic rings. The summed E-state index contributed by atoms with van der Waals surface area (Å²) in [5, 5.41) is 3.00. The molecule has 0 aromatic heterocycles. The van der Waals surface area contributed by atoms with E-state index in [1.54, 1.807) is 27.0 Å². The van der Waals surface area contributed by atoms with E-state index in [2.05, 4.69) is 28.8 Å². The van der Waals surface area contributed by atoms with E-state index in [9.17, 15) is 13.2 Å². The van der Waals surface area contributed by atoms with Gasteiger partial charge >= 0.3 is 0 Å². The Kier molecular flexibility index (Phi) is 9.03. The van der Waals surface area contributed by atoms with E-state index in [0.29, 0.717) is 17.7 Å². The number of methoxy groups -OCH3 is 1. The number of carbonyl (C=O) groups excluding carboxylic acids is 1. The van der Waals surface area contributed by atoms with Crippen molar-refractivity contribution in [1.29, 1.82) is 0 Å². The van der Waals surface area contributed by atoms with Crippen LogP contribution in [0, 0.1) is 6.92 Å². The molecule has 2 N–H and O–H groups in total. The molecule has 1 atom stereocenters. The van der Waals surface area contributed by atoms with E-state index >= 15 is 0 Å². The third-order valence-corrected chi connectivity index (χ3v) is 6.83. The van der Waals surface area contributed by atoms with Crippen molar-refractivity contribution in [2.45, 2.75) is 38.6 Å². The predicted octanol–water partition coefficient (Wildman–Crippen LogP) is 3.11. The van der Waals surface area contributed by atoms with Gasteiger partial charge in [-0.15, -0.1) is 0 Å². The van der Waals surface area contributed by atoms with E-state index in [0.717, 1.165) is 24.4 Å². The molecule has 0 aliphatic heterocycles. The van der Waals surface area contributed by atoms with Gasteiger partial charge in [0.15, 0.2) is 0 Å². The lowest BCUT2D eigenvalue weighted by Crippen LogP contribution is -2.38. The Morgan fingerprint density at radius 1 is 1.10 bits per heavy atom. The van der Waals surface area contributed by atoms with Crippen molar-refractivity contribution in [3.8, 4) is 5.75 Å². The highest BCUT2D eigenvalue weighted by atomic mass is 32.2. The van der Waals surface area contributed by atoms with Crippen LogP contribution in [0.15, 0.2) is 47.4 Å². The number of rotatable bonds is 11. The zero-order valence-corrected chi connectivity index (χ0v) is 19.8. The number of hydrogen-bond donors (Lipinski definition) is 2. The Hall–Kier alpha value is -2.42. The van der Waals surface area contributed by atoms with Crippen molar-refractivity contribution in [3.05, 3.63) is 59.2 Å². The minimum Gasteiger partial charge on any atom is -0.497 e. The summed E-state index contributed by atoms with van der Waals surface area (Å²) in [6.07, 6.45) is 0. The molecule has 2 aromatic rings. The molecule has 2 rings (SSSR count). The van der Waals surface area contributed by atoms with E-state index in [1.807, 2.05) is 24.3 Å². The lowest BCUT2D eigenvalue weighted by molar-refractivity contribution is 0.0934. The smallest absolute Gasteiger partial charge is 0.251 e. The number of hydrogen-bond acceptors (Lipinski definition) is 5. The van der Waals surface area contributed by atoms with Crippen LogP contribution in [0.25, 0.3) is 0 Å². The van der Waals surface area contributed by atoms with Crippen molar-refractivity contribution < 1.29 is 17.9 Å². The summed E-state index contributed by atoms with van der Waals surface area (Å²) in [5.41, 5.74) is 2.11. The van der Waals surface area contributed by atoms with Crippen LogP contribution < -0.4 is 14.8 Å². The number of nitrogens with zero attached hydrogens (tertiary/aromatic N) is 1. The van der Waals surface area contributed by atoms with Gasteiger partial charge in [0.05, 0.1) is 18.0 Å². The summed E-state index contributed by atoms with van der Waals surface area (Å²) in [5.74, 6) is 0.462. The largest absolute Gasteiger partial charge is 0.497 e. The van der Waals surface area contributed by atoms with Crippen LogP contribution in [0.3, 0.4) is 0 Å². The highest BCUT2D eigenvalue weighted by Crippen LogP contribution is 2.24. The Bertz CT molecular complexity index is 988. The molecule has 0 heterocycles. The predicted molar refractivity (Wildman–Crippen MR) is 123 cm³/mol. The molecule has 0 saturated heterocycles. The van der Waals surface area contributed by atoms with E-state index in [-0.39, 0.29) is 23.4 Å². The van der Waals surface area contributed by atoms with Gasteiger partial charge in [0.1, 0.15) is 5.75 Å². The molecule has 0 spiro atoms. The maximum Gasteiger partial charge on any atom is 0.251 e. The Morgan fingerprint density at radius 2 is 1.81 bits per heavy atom. The van der Waals surface area contributed by atoms with Gasteiger partial charge in [-0.1, -0.05) is 39.0 Å². The normalized spacial score (nSPS) is 12.6. The third-order valence-electron chi connectivity index (χ3n) is 5.29. The SMILES string of the molecule is CCNS(=O)(=O)c1ccc(C)c(C(=O)NCC(c2cccc(OC)c2)N(CC)CC)c1. The topological polar surface area (TPSA) is 87.7 Å². The Morgan fingerprint density at radius 3 is 2.42 bits per heavy atom. The van der Waals surface area contributed by atoms with E-state index in [1.165, 1.54) is 12.1 Å². The molecular weight excluding hydrogens is 414 g/mol. The molecule has 1 unspecified atom stereocenters. The lowest BCUT2D eigenvalue weighted by Gasteiger charge is -2.30. The van der Waals surface area contributed by atoms with Crippen LogP contribution in [0.4, 0.5) is 0 Å². The summed E-state index contributed by atoms with van der Waals surface area (Å²) in [7, 11) is -2.01. The summed E-state index contributed by atoms with van der Waals surface area (Å²) in [4.78, 5) is 15.3. The summed E-state index contributed by atoms with van der Waals surface area (Å²) in [6, 6.07) is 12.4. The molecule has 0 saturated carbocycles. The number of amides is 1. The standard InChI is InChI=1S/C23H33N3O4S/c1-6-25-31(28,29)20-13-12-17(4)21(15-20)23(27)24-16-22(26(7-2)8-3)18-10-9-11-19(14-18)30-5/h9-15,22,25H,6-8,16H2,1-5H3,(H,24,27). The second-order valence-electron chi connectivity index (χ2n) is 7.20. The first-order valence-electron chi connectivity index (χ1n) is 10.5. The summed E-state index contributed by atoms with van der Waals surface area (Å²) >= 11 is 0. The Labute approximate surface area is 185 Å². The van der Waals surface area contributed by atoms with Crippen molar-refractivity contribution in [2.75, 3.05) is 33.3 Å². The van der Waals surface area contributed by atoms with Gasteiger partial charge in [-0.2, -0.15) is 0 Å². The van der Waals surface area contributed by atoms with Gasteiger partial charge in [-0.3, -0.25) is 9.69 Å². The fraction of sp³-hybridized carbons (Fsp3) is 0.435. The van der Waals surface area contributed by atoms with Crippen molar-refractivity contribution in [3.63, 3.8) is 0 Å². The highest BCUT2D eigenvalue weighted by molar-refractivity contribution is 7.89. The minimum atomic E-state index is -3.64. The number of sulfonamides is 1. The molecule has 7 nitrogen and oxygen atoms in total. The molecular formula is C23H33N3O4S. The van der Waals surface area contributed by atoms with Gasteiger partial charge in [0.2, 0.25) is 10.0 Å². The second-order valence-corrected chi connectivity index (χ2v) is 8.97. The molecule has 31 heavy (non-hydrogen) atoms. The average molecular weight is 448 g/mol. The van der Waals surface area contributed by atoms with E-state index < -0.39 is 10.0 Å². The second kappa shape index (κ2) is 11.3. The van der Waals surface area contributed by atoms with Crippen molar-refractivity contribution in [1.82, 2.24) is 14.9 Å². The van der Waals surface area contributed by atoms with Crippen molar-refractivity contribution >= 4 is 15.9 Å². The van der Waals surface area contributed by atoms with Gasteiger partial charge in [0.25, 0.3) is 5.91 Å². The molecule has 0 bridgehead atoms. The molecule has 0 fully saturated rings. The van der Waals surface area contributed by atoms with Gasteiger partial charge in [0, 0.05) is 18.7 Å². The van der Waals surface area contributed by atoms with Gasteiger partial charge in [-0.05, 0) is 55.4 Å². The van der Waals surface area contributed by atoms with Crippen LogP contribution in [0.1, 0.15) is 48.3 Å². The molecule has 1 amide bonds. The highest BCUT2D eigenvalue weighted by Gasteiger charge is 2.21. The van der Waals surface area contributed by atoms with Crippen LogP contribution in [-0.4, -0.2) is 52.5 Å². The Balaban J connectivity index is 2.28. The number of nitrogens with one attached hydrogen (secondary N) is 2. The van der Waals surface area contributed by atoms with Gasteiger partial charge in [-0.25, -0.2) is 13.1 Å². The first-order valence-corrected chi connectivity index (χ1v) is 12.0. The quantitative estimate of drug-likeness (QED) is 0.553. The first kappa shape index (κ1) is 24.8. The monoisotopic (exact) mass is 447 g/mol. The maximum atomic E-state index is 13.0. The fourth-order valence-corrected chi connectivity index (χ4v) is 4.61. The van der Waals surface area contributed by atoms with Crippen LogP contribution in [0.5, 0.6) is 5.75 Å². The lowest BCUT2D eigenvalue weighted by atomic mass is 10.0. The maximum absolute atomic E-state index is 13.0. The molecule has 0 aliphatic carbocycles. The number of benzene rings is 2. The van der Waals surface area contributed by atoms with Crippen molar-refractivity contribution in [2.24, 2.45) is 0 Å². The zero-order chi connectivity index (χ0) is 23.0. The van der Waals surface area contributed by atoms with Crippen LogP contribution >= 0.6 is 0 Å². The summed E-state index contributed by atoms with van der Waals surface area (Å²) < 4.78 is 32.5. The molecule has 2 aromatic carbocycles. The van der Waals surface area contributed by atoms with Gasteiger partial charge < -0.3 is 10.1 Å². The number of aryl methyl sites for hydroxylation is 1. The molecule has 170 valence electrons. The van der Waals surface area contributed by atoms with E-state index in [4.69, 9.17) is 4.74 Å². The number of likely N-dealkylation sites (N-methyl/N-ethyl adjacent to an activating group) is 1. The third kappa shape index (κ3) is 6.29. The van der Waals surface area contributed by atoms with Crippen LogP contribution in [0.2, 0.25) is 0 Å². The number of carbonyl (C=O) groups is 1. The van der Waals surface area contributed by atoms with Crippen LogP contribution in [-0.2, 0) is 10.0 Å². The number of ether oxygens (including phenoxy) is 1.